The Morgan fingerprint density at radius 1 is 0.963 bits per heavy atom. The molecule has 0 bridgehead atoms. The summed E-state index contributed by atoms with van der Waals surface area (Å²) in [7, 11) is 3.84. The van der Waals surface area contributed by atoms with Gasteiger partial charge in [-0.3, -0.25) is 4.90 Å². The minimum absolute atomic E-state index is 0.145. The second-order valence-electron chi connectivity index (χ2n) is 6.26. The van der Waals surface area contributed by atoms with Crippen molar-refractivity contribution in [2.75, 3.05) is 21.3 Å². The normalized spacial score (nSPS) is 20.1. The molecule has 1 atom stereocenters. The molecule has 0 aromatic carbocycles. The number of methoxy groups -OCH3 is 3. The predicted molar refractivity (Wildman–Crippen MR) is 96.7 cm³/mol. The van der Waals surface area contributed by atoms with Crippen molar-refractivity contribution in [2.45, 2.75) is 20.8 Å². The average Bonchev–Trinajstić information content (AvgIpc) is 2.66. The monoisotopic (exact) mass is 376 g/mol. The Labute approximate surface area is 158 Å². The van der Waals surface area contributed by atoms with Gasteiger partial charge in [-0.05, 0) is 25.3 Å². The predicted octanol–water partition coefficient (Wildman–Crippen LogP) is 2.22. The molecule has 8 heteroatoms. The summed E-state index contributed by atoms with van der Waals surface area (Å²) in [6, 6.07) is 0. The van der Waals surface area contributed by atoms with Gasteiger partial charge < -0.3 is 19.5 Å². The average molecular weight is 376 g/mol. The number of nitrogens with zero attached hydrogens (tertiary/aromatic N) is 1. The lowest BCUT2D eigenvalue weighted by Crippen LogP contribution is -2.36. The molecule has 1 amide bonds. The molecule has 2 aliphatic heterocycles. The second-order valence-corrected chi connectivity index (χ2v) is 6.26. The quantitative estimate of drug-likeness (QED) is 0.596. The van der Waals surface area contributed by atoms with Gasteiger partial charge in [0.25, 0.3) is 0 Å². The fourth-order valence-corrected chi connectivity index (χ4v) is 3.30. The van der Waals surface area contributed by atoms with Crippen LogP contribution in [0.4, 0.5) is 4.79 Å². The van der Waals surface area contributed by atoms with Crippen molar-refractivity contribution in [1.29, 1.82) is 0 Å². The van der Waals surface area contributed by atoms with E-state index in [1.807, 2.05) is 6.92 Å². The van der Waals surface area contributed by atoms with Gasteiger partial charge in [0, 0.05) is 23.8 Å². The van der Waals surface area contributed by atoms with E-state index in [1.165, 1.54) is 26.2 Å². The molecule has 1 N–H and O–H groups in total. The first-order chi connectivity index (χ1) is 12.8. The molecule has 0 aliphatic carbocycles. The highest BCUT2D eigenvalue weighted by Crippen LogP contribution is 2.40. The Kier molecular flexibility index (Phi) is 6.09. The highest BCUT2D eigenvalue weighted by Gasteiger charge is 2.40. The summed E-state index contributed by atoms with van der Waals surface area (Å²) >= 11 is 0. The van der Waals surface area contributed by atoms with Crippen LogP contribution in [0, 0.1) is 11.8 Å². The summed E-state index contributed by atoms with van der Waals surface area (Å²) in [6.07, 6.45) is 4.39. The summed E-state index contributed by atoms with van der Waals surface area (Å²) in [6.45, 7) is 5.38. The molecule has 0 fully saturated rings. The highest BCUT2D eigenvalue weighted by atomic mass is 16.5. The van der Waals surface area contributed by atoms with Gasteiger partial charge in [0.1, 0.15) is 0 Å². The van der Waals surface area contributed by atoms with Gasteiger partial charge in [-0.25, -0.2) is 14.4 Å². The first kappa shape index (κ1) is 20.3. The van der Waals surface area contributed by atoms with E-state index in [2.05, 4.69) is 5.32 Å². The van der Waals surface area contributed by atoms with Crippen LogP contribution >= 0.6 is 0 Å². The lowest BCUT2D eigenvalue weighted by atomic mass is 9.75. The summed E-state index contributed by atoms with van der Waals surface area (Å²) < 4.78 is 14.7. The number of dihydropyridines is 1. The molecule has 2 heterocycles. The minimum Gasteiger partial charge on any atom is -0.466 e. The third kappa shape index (κ3) is 3.74. The van der Waals surface area contributed by atoms with Crippen molar-refractivity contribution in [3.05, 3.63) is 46.6 Å². The Bertz CT molecular complexity index is 752. The molecule has 0 radical (unpaired) electrons. The van der Waals surface area contributed by atoms with E-state index in [-0.39, 0.29) is 5.92 Å². The van der Waals surface area contributed by atoms with Crippen molar-refractivity contribution in [2.24, 2.45) is 11.8 Å². The number of rotatable bonds is 3. The number of allylic oxidation sites excluding steroid dienone is 4. The molecule has 0 aromatic heterocycles. The SMILES string of the molecule is COC(=O)C1=C(C)NC(C)=C(C(=O)OC)C1C1=CN(C(=O)OC)C=CC1C. The van der Waals surface area contributed by atoms with Crippen molar-refractivity contribution in [1.82, 2.24) is 10.2 Å². The van der Waals surface area contributed by atoms with E-state index >= 15 is 0 Å². The van der Waals surface area contributed by atoms with E-state index in [4.69, 9.17) is 14.2 Å². The van der Waals surface area contributed by atoms with Gasteiger partial charge >= 0.3 is 18.0 Å². The first-order valence-electron chi connectivity index (χ1n) is 8.38. The van der Waals surface area contributed by atoms with Crippen molar-refractivity contribution < 1.29 is 28.6 Å². The maximum Gasteiger partial charge on any atom is 0.417 e. The maximum absolute atomic E-state index is 12.5. The molecule has 2 aliphatic rings. The zero-order valence-electron chi connectivity index (χ0n) is 16.3. The number of ether oxygens (including phenoxy) is 3. The minimum atomic E-state index is -0.724. The molecular formula is C19H24N2O6. The first-order valence-corrected chi connectivity index (χ1v) is 8.38. The lowest BCUT2D eigenvalue weighted by molar-refractivity contribution is -0.137. The standard InChI is InChI=1S/C19H24N2O6/c1-10-7-8-21(19(24)27-6)9-13(10)16-14(17(22)25-4)11(2)20-12(3)15(16)18(23)26-5/h7-10,16,20H,1-6H3. The van der Waals surface area contributed by atoms with Crippen LogP contribution in [-0.2, 0) is 23.8 Å². The van der Waals surface area contributed by atoms with Crippen molar-refractivity contribution >= 4 is 18.0 Å². The van der Waals surface area contributed by atoms with Gasteiger partial charge in [-0.2, -0.15) is 0 Å². The third-order valence-corrected chi connectivity index (χ3v) is 4.64. The molecule has 0 saturated carbocycles. The molecule has 2 rings (SSSR count). The summed E-state index contributed by atoms with van der Waals surface area (Å²) in [4.78, 5) is 38.3. The number of carbonyl (C=O) groups is 3. The molecule has 27 heavy (non-hydrogen) atoms. The fourth-order valence-electron chi connectivity index (χ4n) is 3.30. The van der Waals surface area contributed by atoms with Gasteiger partial charge in [-0.15, -0.1) is 0 Å². The van der Waals surface area contributed by atoms with Crippen LogP contribution in [0.3, 0.4) is 0 Å². The van der Waals surface area contributed by atoms with Crippen LogP contribution in [0.1, 0.15) is 20.8 Å². The zero-order valence-corrected chi connectivity index (χ0v) is 16.3. The summed E-state index contributed by atoms with van der Waals surface area (Å²) in [5.74, 6) is -2.00. The topological polar surface area (TPSA) is 94.2 Å². The zero-order chi connectivity index (χ0) is 20.3. The van der Waals surface area contributed by atoms with Crippen LogP contribution in [0.25, 0.3) is 0 Å². The second kappa shape index (κ2) is 8.11. The summed E-state index contributed by atoms with van der Waals surface area (Å²) in [5, 5.41) is 3.05. The molecular weight excluding hydrogens is 352 g/mol. The smallest absolute Gasteiger partial charge is 0.417 e. The van der Waals surface area contributed by atoms with E-state index in [0.717, 1.165) is 0 Å². The number of hydrogen-bond acceptors (Lipinski definition) is 7. The number of hydrogen-bond donors (Lipinski definition) is 1. The Morgan fingerprint density at radius 2 is 1.48 bits per heavy atom. The number of nitrogens with one attached hydrogen (secondary N) is 1. The van der Waals surface area contributed by atoms with Crippen LogP contribution in [0.15, 0.2) is 46.6 Å². The van der Waals surface area contributed by atoms with Crippen molar-refractivity contribution in [3.63, 3.8) is 0 Å². The van der Waals surface area contributed by atoms with Crippen LogP contribution in [-0.4, -0.2) is 44.3 Å². The molecule has 0 spiro atoms. The molecule has 1 unspecified atom stereocenters. The van der Waals surface area contributed by atoms with Crippen LogP contribution in [0.5, 0.6) is 0 Å². The third-order valence-electron chi connectivity index (χ3n) is 4.64. The van der Waals surface area contributed by atoms with Crippen LogP contribution < -0.4 is 5.32 Å². The Hall–Kier alpha value is -3.03. The number of amides is 1. The van der Waals surface area contributed by atoms with E-state index in [0.29, 0.717) is 28.1 Å². The lowest BCUT2D eigenvalue weighted by Gasteiger charge is -2.34. The maximum atomic E-state index is 12.5. The van der Waals surface area contributed by atoms with Gasteiger partial charge in [0.15, 0.2) is 0 Å². The molecule has 146 valence electrons. The highest BCUT2D eigenvalue weighted by molar-refractivity contribution is 5.99. The largest absolute Gasteiger partial charge is 0.466 e. The van der Waals surface area contributed by atoms with Crippen LogP contribution in [0.2, 0.25) is 0 Å². The number of carbonyl (C=O) groups excluding carboxylic acids is 3. The fraction of sp³-hybridized carbons (Fsp3) is 0.421. The van der Waals surface area contributed by atoms with E-state index in [9.17, 15) is 14.4 Å². The van der Waals surface area contributed by atoms with Gasteiger partial charge in [-0.1, -0.05) is 13.0 Å². The Balaban J connectivity index is 2.68. The number of esters is 2. The van der Waals surface area contributed by atoms with E-state index in [1.54, 1.807) is 32.3 Å². The van der Waals surface area contributed by atoms with E-state index < -0.39 is 23.9 Å². The van der Waals surface area contributed by atoms with Crippen molar-refractivity contribution in [3.8, 4) is 0 Å². The summed E-state index contributed by atoms with van der Waals surface area (Å²) in [5.41, 5.74) is 2.40. The van der Waals surface area contributed by atoms with Gasteiger partial charge in [0.2, 0.25) is 0 Å². The molecule has 0 saturated heterocycles. The van der Waals surface area contributed by atoms with Gasteiger partial charge in [0.05, 0.1) is 38.4 Å². The Morgan fingerprint density at radius 3 is 1.93 bits per heavy atom. The molecule has 8 nitrogen and oxygen atoms in total. The molecule has 0 aromatic rings.